The van der Waals surface area contributed by atoms with E-state index in [1.54, 1.807) is 40.7 Å². The number of benzene rings is 4. The summed E-state index contributed by atoms with van der Waals surface area (Å²) in [6, 6.07) is 30.6. The lowest BCUT2D eigenvalue weighted by Crippen LogP contribution is -2.27. The topological polar surface area (TPSA) is 92.9 Å². The molecule has 9 rings (SSSR count). The highest BCUT2D eigenvalue weighted by molar-refractivity contribution is 8.00. The van der Waals surface area contributed by atoms with E-state index in [-0.39, 0.29) is 0 Å². The highest BCUT2D eigenvalue weighted by Gasteiger charge is 2.25. The molecule has 47 heavy (non-hydrogen) atoms. The standard InChI is InChI=1S/C14H16N2S.C9H10S.C8H8N2OS.C6H8N2/c1-15-6-5-12-11(9-15)10-3-2-4-13-14(10)16(12)7-8-17-13;1-2-6-9-8(4-1)5-3-7-10-9;11-9-10-5-6-12-8-4-2-1-3-7(8)10;7-5-3-1-2-4-6(5)8/h2-4H,5-9H2,1H3;1-2,4,6H,3,5,7H2;1-4H,5-6H2;1-4H,7-8H2. The van der Waals surface area contributed by atoms with Crippen LogP contribution in [0.1, 0.15) is 23.2 Å². The van der Waals surface area contributed by atoms with Crippen LogP contribution in [0.4, 0.5) is 17.1 Å². The quantitative estimate of drug-likeness (QED) is 0.134. The molecule has 0 amide bonds. The Morgan fingerprint density at radius 2 is 1.34 bits per heavy atom. The largest absolute Gasteiger partial charge is 0.397 e. The Kier molecular flexibility index (Phi) is 11.4. The second-order valence-electron chi connectivity index (χ2n) is 11.8. The number of likely N-dealkylation sites (N-methyl/N-ethyl adjacent to an activating group) is 1. The summed E-state index contributed by atoms with van der Waals surface area (Å²) < 4.78 is 2.59. The van der Waals surface area contributed by atoms with Crippen molar-refractivity contribution >= 4 is 63.3 Å². The molecule has 5 heterocycles. The van der Waals surface area contributed by atoms with Gasteiger partial charge >= 0.3 is 0 Å². The van der Waals surface area contributed by atoms with E-state index in [0.29, 0.717) is 17.9 Å². The SMILES string of the molecule is CN1CCc2c(c3cccc4c3n2CCS4)C1.Nc1ccccc1N.O=NN1CCSc2ccccc21.c1ccc2c(c1)CCCS2. The number of aromatic nitrogens is 1. The third kappa shape index (κ3) is 7.95. The minimum absolute atomic E-state index is 0.646. The number of hydrogen-bond donors (Lipinski definition) is 2. The van der Waals surface area contributed by atoms with Gasteiger partial charge < -0.3 is 20.9 Å². The molecule has 0 aliphatic carbocycles. The lowest BCUT2D eigenvalue weighted by atomic mass is 10.1. The molecule has 0 atom stereocenters. The van der Waals surface area contributed by atoms with E-state index in [1.165, 1.54) is 69.6 Å². The number of nitrogens with zero attached hydrogens (tertiary/aromatic N) is 4. The van der Waals surface area contributed by atoms with Crippen LogP contribution in [0.15, 0.2) is 111 Å². The zero-order valence-corrected chi connectivity index (χ0v) is 29.3. The van der Waals surface area contributed by atoms with Crippen LogP contribution >= 0.6 is 35.3 Å². The number of thioether (sulfide) groups is 3. The molecule has 4 N–H and O–H groups in total. The molecular weight excluding hydrogens is 641 g/mol. The van der Waals surface area contributed by atoms with E-state index in [2.05, 4.69) is 64.3 Å². The molecule has 4 aliphatic heterocycles. The van der Waals surface area contributed by atoms with E-state index in [4.69, 9.17) is 11.5 Å². The molecule has 4 aromatic carbocycles. The Balaban J connectivity index is 0.000000114. The van der Waals surface area contributed by atoms with Crippen molar-refractivity contribution in [3.05, 3.63) is 113 Å². The van der Waals surface area contributed by atoms with Crippen LogP contribution in [0.5, 0.6) is 0 Å². The summed E-state index contributed by atoms with van der Waals surface area (Å²) in [6.07, 6.45) is 3.84. The van der Waals surface area contributed by atoms with Gasteiger partial charge in [0.15, 0.2) is 0 Å². The Labute approximate surface area is 290 Å². The molecule has 7 nitrogen and oxygen atoms in total. The summed E-state index contributed by atoms with van der Waals surface area (Å²) in [4.78, 5) is 16.9. The second-order valence-corrected chi connectivity index (χ2v) is 15.2. The predicted octanol–water partition coefficient (Wildman–Crippen LogP) is 8.59. The molecule has 0 saturated heterocycles. The maximum atomic E-state index is 10.4. The van der Waals surface area contributed by atoms with Gasteiger partial charge in [-0.1, -0.05) is 54.6 Å². The number of para-hydroxylation sites is 4. The highest BCUT2D eigenvalue weighted by Crippen LogP contribution is 2.39. The first-order valence-electron chi connectivity index (χ1n) is 16.1. The van der Waals surface area contributed by atoms with Crippen molar-refractivity contribution in [2.75, 3.05) is 53.9 Å². The van der Waals surface area contributed by atoms with Crippen LogP contribution in [0.2, 0.25) is 0 Å². The molecule has 5 aromatic rings. The number of rotatable bonds is 1. The molecule has 10 heteroatoms. The van der Waals surface area contributed by atoms with Gasteiger partial charge in [0.2, 0.25) is 0 Å². The summed E-state index contributed by atoms with van der Waals surface area (Å²) in [5.41, 5.74) is 19.2. The van der Waals surface area contributed by atoms with Gasteiger partial charge in [-0.15, -0.1) is 40.2 Å². The molecule has 4 aliphatic rings. The normalized spacial score (nSPS) is 16.1. The highest BCUT2D eigenvalue weighted by atomic mass is 32.2. The third-order valence-electron chi connectivity index (χ3n) is 8.62. The molecule has 0 spiro atoms. The third-order valence-corrected chi connectivity index (χ3v) is 11.9. The van der Waals surface area contributed by atoms with Gasteiger partial charge in [-0.3, -0.25) is 0 Å². The molecule has 244 valence electrons. The maximum Gasteiger partial charge on any atom is 0.0762 e. The fraction of sp³-hybridized carbons (Fsp3) is 0.297. The molecule has 1 aromatic heterocycles. The fourth-order valence-corrected chi connectivity index (χ4v) is 9.31. The van der Waals surface area contributed by atoms with Crippen LogP contribution < -0.4 is 16.5 Å². The Bertz CT molecular complexity index is 1780. The van der Waals surface area contributed by atoms with Crippen LogP contribution in [0.25, 0.3) is 10.9 Å². The molecule has 0 fully saturated rings. The maximum absolute atomic E-state index is 10.4. The summed E-state index contributed by atoms with van der Waals surface area (Å²) in [7, 11) is 2.23. The van der Waals surface area contributed by atoms with Gasteiger partial charge in [-0.05, 0) is 73.2 Å². The van der Waals surface area contributed by atoms with Crippen molar-refractivity contribution < 1.29 is 0 Å². The Hall–Kier alpha value is -3.57. The number of aryl methyl sites for hydroxylation is 2. The zero-order chi connectivity index (χ0) is 32.6. The summed E-state index contributed by atoms with van der Waals surface area (Å²) in [5.74, 6) is 3.46. The monoisotopic (exact) mass is 682 g/mol. The first kappa shape index (κ1) is 33.3. The van der Waals surface area contributed by atoms with Crippen molar-refractivity contribution in [1.29, 1.82) is 0 Å². The van der Waals surface area contributed by atoms with Crippen LogP contribution in [-0.2, 0) is 25.9 Å². The Morgan fingerprint density at radius 1 is 0.681 bits per heavy atom. The zero-order valence-electron chi connectivity index (χ0n) is 26.8. The molecule has 0 saturated carbocycles. The number of fused-ring (bicyclic) bond motifs is 5. The van der Waals surface area contributed by atoms with Crippen molar-refractivity contribution in [3.8, 4) is 0 Å². The summed E-state index contributed by atoms with van der Waals surface area (Å²) >= 11 is 5.77. The van der Waals surface area contributed by atoms with Crippen LogP contribution in [0.3, 0.4) is 0 Å². The lowest BCUT2D eigenvalue weighted by Gasteiger charge is -2.24. The first-order valence-corrected chi connectivity index (χ1v) is 19.1. The van der Waals surface area contributed by atoms with E-state index >= 15 is 0 Å². The minimum Gasteiger partial charge on any atom is -0.397 e. The second kappa shape index (κ2) is 16.0. The van der Waals surface area contributed by atoms with Crippen molar-refractivity contribution in [2.24, 2.45) is 5.29 Å². The number of nitrogen functional groups attached to an aromatic ring is 2. The predicted molar refractivity (Wildman–Crippen MR) is 204 cm³/mol. The van der Waals surface area contributed by atoms with Crippen molar-refractivity contribution in [1.82, 2.24) is 9.47 Å². The molecule has 0 bridgehead atoms. The van der Waals surface area contributed by atoms with E-state index in [9.17, 15) is 4.91 Å². The van der Waals surface area contributed by atoms with Gasteiger partial charge in [-0.2, -0.15) is 0 Å². The number of anilines is 3. The number of nitrogens with two attached hydrogens (primary N) is 2. The van der Waals surface area contributed by atoms with Gasteiger partial charge in [0.25, 0.3) is 0 Å². The summed E-state index contributed by atoms with van der Waals surface area (Å²) in [6.45, 7) is 4.22. The number of hydrogen-bond acceptors (Lipinski definition) is 8. The van der Waals surface area contributed by atoms with E-state index < -0.39 is 0 Å². The molecule has 0 unspecified atom stereocenters. The molecule has 0 radical (unpaired) electrons. The van der Waals surface area contributed by atoms with Gasteiger partial charge in [-0.25, -0.2) is 5.01 Å². The Morgan fingerprint density at radius 3 is 2.11 bits per heavy atom. The first-order chi connectivity index (χ1) is 23.0. The van der Waals surface area contributed by atoms with Crippen molar-refractivity contribution in [3.63, 3.8) is 0 Å². The van der Waals surface area contributed by atoms with Gasteiger partial charge in [0, 0.05) is 63.3 Å². The van der Waals surface area contributed by atoms with E-state index in [0.717, 1.165) is 22.9 Å². The number of nitroso groups, excluding NO2 is 1. The average molecular weight is 683 g/mol. The summed E-state index contributed by atoms with van der Waals surface area (Å²) in [5, 5.41) is 5.96. The van der Waals surface area contributed by atoms with Gasteiger partial charge in [0.1, 0.15) is 0 Å². The average Bonchev–Trinajstić information content (AvgIpc) is 3.44. The minimum atomic E-state index is 0.646. The smallest absolute Gasteiger partial charge is 0.0762 e. The fourth-order valence-electron chi connectivity index (χ4n) is 6.26. The lowest BCUT2D eigenvalue weighted by molar-refractivity contribution is 0.309. The van der Waals surface area contributed by atoms with Crippen molar-refractivity contribution in [2.45, 2.75) is 47.0 Å². The molecular formula is C37H42N6OS3. The van der Waals surface area contributed by atoms with E-state index in [1.807, 2.05) is 59.9 Å². The van der Waals surface area contributed by atoms with Crippen LogP contribution in [-0.4, -0.2) is 46.9 Å². The van der Waals surface area contributed by atoms with Gasteiger partial charge in [0.05, 0.1) is 34.4 Å². The van der Waals surface area contributed by atoms with Crippen LogP contribution in [0, 0.1) is 4.91 Å².